The summed E-state index contributed by atoms with van der Waals surface area (Å²) >= 11 is 0. The van der Waals surface area contributed by atoms with Gasteiger partial charge in [-0.1, -0.05) is 6.92 Å². The van der Waals surface area contributed by atoms with E-state index in [-0.39, 0.29) is 5.56 Å². The molecule has 1 aliphatic carbocycles. The van der Waals surface area contributed by atoms with Gasteiger partial charge in [-0.2, -0.15) is 0 Å². The van der Waals surface area contributed by atoms with Crippen molar-refractivity contribution in [3.05, 3.63) is 46.8 Å². The maximum atomic E-state index is 12.8. The molecule has 4 rings (SSSR count). The van der Waals surface area contributed by atoms with Crippen LogP contribution in [0, 0.1) is 5.92 Å². The molecular weight excluding hydrogens is 396 g/mol. The van der Waals surface area contributed by atoms with Gasteiger partial charge in [-0.25, -0.2) is 0 Å². The summed E-state index contributed by atoms with van der Waals surface area (Å²) in [6.07, 6.45) is 8.34. The summed E-state index contributed by atoms with van der Waals surface area (Å²) in [6.45, 7) is 5.33. The number of hydrogen-bond donors (Lipinski definition) is 1. The third-order valence-electron chi connectivity index (χ3n) is 5.63. The van der Waals surface area contributed by atoms with E-state index in [9.17, 15) is 9.59 Å². The number of aromatic nitrogens is 2. The van der Waals surface area contributed by atoms with E-state index in [2.05, 4.69) is 22.1 Å². The number of ether oxygens (including phenoxy) is 1. The lowest BCUT2D eigenvalue weighted by Crippen LogP contribution is -2.31. The van der Waals surface area contributed by atoms with Gasteiger partial charge in [0.2, 0.25) is 6.41 Å². The van der Waals surface area contributed by atoms with Gasteiger partial charge in [-0.15, -0.1) is 0 Å². The topological polar surface area (TPSA) is 89.6 Å². The molecule has 8 heteroatoms. The number of pyridine rings is 2. The fourth-order valence-electron chi connectivity index (χ4n) is 3.63. The van der Waals surface area contributed by atoms with Crippen molar-refractivity contribution in [2.75, 3.05) is 26.2 Å². The molecule has 1 aliphatic rings. The molecule has 31 heavy (non-hydrogen) atoms. The number of hydrogen-bond acceptors (Lipinski definition) is 6. The molecule has 3 aromatic heterocycles. The van der Waals surface area contributed by atoms with Gasteiger partial charge in [0.15, 0.2) is 0 Å². The summed E-state index contributed by atoms with van der Waals surface area (Å²) in [5, 5.41) is 3.22. The van der Waals surface area contributed by atoms with E-state index in [1.54, 1.807) is 30.2 Å². The Morgan fingerprint density at radius 1 is 1.39 bits per heavy atom. The SMILES string of the molecule is CCN(CCNC=O)Cc1cc2c(=O)n(C)cc(-c3ccncc3OCC3CC3)c2o1. The van der Waals surface area contributed by atoms with Crippen molar-refractivity contribution >= 4 is 17.4 Å². The van der Waals surface area contributed by atoms with Crippen molar-refractivity contribution in [3.63, 3.8) is 0 Å². The second kappa shape index (κ2) is 9.34. The molecular formula is C23H28N4O4. The Labute approximate surface area is 180 Å². The molecule has 0 aromatic carbocycles. The number of likely N-dealkylation sites (N-methyl/N-ethyl adjacent to an activating group) is 1. The normalized spacial score (nSPS) is 13.6. The first-order valence-electron chi connectivity index (χ1n) is 10.7. The summed E-state index contributed by atoms with van der Waals surface area (Å²) in [6, 6.07) is 3.72. The van der Waals surface area contributed by atoms with Crippen molar-refractivity contribution in [2.24, 2.45) is 13.0 Å². The van der Waals surface area contributed by atoms with Crippen LogP contribution in [-0.4, -0.2) is 47.1 Å². The molecule has 0 spiro atoms. The number of aryl methyl sites for hydroxylation is 1. The highest BCUT2D eigenvalue weighted by molar-refractivity contribution is 5.93. The minimum Gasteiger partial charge on any atom is -0.491 e. The molecule has 0 atom stereocenters. The van der Waals surface area contributed by atoms with Crippen LogP contribution < -0.4 is 15.6 Å². The number of nitrogens with one attached hydrogen (secondary N) is 1. The summed E-state index contributed by atoms with van der Waals surface area (Å²) < 4.78 is 13.8. The summed E-state index contributed by atoms with van der Waals surface area (Å²) in [5.74, 6) is 2.03. The lowest BCUT2D eigenvalue weighted by atomic mass is 10.1. The Kier molecular flexibility index (Phi) is 6.36. The largest absolute Gasteiger partial charge is 0.491 e. The second-order valence-electron chi connectivity index (χ2n) is 7.98. The highest BCUT2D eigenvalue weighted by Crippen LogP contribution is 2.36. The zero-order valence-corrected chi connectivity index (χ0v) is 18.0. The smallest absolute Gasteiger partial charge is 0.261 e. The lowest BCUT2D eigenvalue weighted by Gasteiger charge is -2.18. The minimum atomic E-state index is -0.103. The van der Waals surface area contributed by atoms with E-state index in [4.69, 9.17) is 9.15 Å². The quantitative estimate of drug-likeness (QED) is 0.376. The average Bonchev–Trinajstić information content (AvgIpc) is 3.52. The number of amides is 1. The Morgan fingerprint density at radius 3 is 2.97 bits per heavy atom. The number of nitrogens with zero attached hydrogens (tertiary/aromatic N) is 3. The zero-order chi connectivity index (χ0) is 21.8. The third-order valence-corrected chi connectivity index (χ3v) is 5.63. The Bertz CT molecular complexity index is 1120. The molecule has 164 valence electrons. The second-order valence-corrected chi connectivity index (χ2v) is 7.98. The maximum Gasteiger partial charge on any atom is 0.261 e. The van der Waals surface area contributed by atoms with E-state index in [0.29, 0.717) is 61.0 Å². The summed E-state index contributed by atoms with van der Waals surface area (Å²) in [7, 11) is 1.74. The third kappa shape index (κ3) is 4.80. The van der Waals surface area contributed by atoms with Crippen LogP contribution in [0.2, 0.25) is 0 Å². The fraction of sp³-hybridized carbons (Fsp3) is 0.435. The molecule has 0 aliphatic heterocycles. The predicted molar refractivity (Wildman–Crippen MR) is 118 cm³/mol. The molecule has 1 fully saturated rings. The van der Waals surface area contributed by atoms with Gasteiger partial charge in [-0.05, 0) is 37.4 Å². The highest BCUT2D eigenvalue weighted by atomic mass is 16.5. The van der Waals surface area contributed by atoms with Gasteiger partial charge in [0.05, 0.1) is 24.7 Å². The first kappa shape index (κ1) is 21.1. The van der Waals surface area contributed by atoms with Crippen LogP contribution in [0.3, 0.4) is 0 Å². The van der Waals surface area contributed by atoms with Gasteiger partial charge >= 0.3 is 0 Å². The molecule has 0 bridgehead atoms. The van der Waals surface area contributed by atoms with Gasteiger partial charge in [0, 0.05) is 43.7 Å². The van der Waals surface area contributed by atoms with E-state index in [1.807, 2.05) is 12.1 Å². The molecule has 8 nitrogen and oxygen atoms in total. The minimum absolute atomic E-state index is 0.103. The van der Waals surface area contributed by atoms with Crippen LogP contribution in [-0.2, 0) is 18.4 Å². The van der Waals surface area contributed by atoms with E-state index >= 15 is 0 Å². The van der Waals surface area contributed by atoms with E-state index < -0.39 is 0 Å². The fourth-order valence-corrected chi connectivity index (χ4v) is 3.63. The maximum absolute atomic E-state index is 12.8. The van der Waals surface area contributed by atoms with Crippen molar-refractivity contribution in [3.8, 4) is 16.9 Å². The van der Waals surface area contributed by atoms with E-state index in [1.165, 1.54) is 12.8 Å². The molecule has 1 N–H and O–H groups in total. The molecule has 3 aromatic rings. The van der Waals surface area contributed by atoms with Crippen LogP contribution in [0.15, 0.2) is 39.9 Å². The number of rotatable bonds is 11. The van der Waals surface area contributed by atoms with Gasteiger partial charge < -0.3 is 19.0 Å². The Hall–Kier alpha value is -3.13. The van der Waals surface area contributed by atoms with Crippen molar-refractivity contribution < 1.29 is 13.9 Å². The average molecular weight is 425 g/mol. The van der Waals surface area contributed by atoms with Gasteiger partial charge in [-0.3, -0.25) is 19.5 Å². The monoisotopic (exact) mass is 424 g/mol. The molecule has 0 radical (unpaired) electrons. The van der Waals surface area contributed by atoms with Crippen LogP contribution in [0.1, 0.15) is 25.5 Å². The number of carbonyl (C=O) groups is 1. The van der Waals surface area contributed by atoms with Crippen molar-refractivity contribution in [2.45, 2.75) is 26.3 Å². The van der Waals surface area contributed by atoms with Gasteiger partial charge in [0.25, 0.3) is 5.56 Å². The first-order valence-corrected chi connectivity index (χ1v) is 10.7. The lowest BCUT2D eigenvalue weighted by molar-refractivity contribution is -0.109. The molecule has 1 amide bonds. The molecule has 1 saturated carbocycles. The zero-order valence-electron chi connectivity index (χ0n) is 18.0. The molecule has 0 saturated heterocycles. The number of fused-ring (bicyclic) bond motifs is 1. The van der Waals surface area contributed by atoms with Crippen LogP contribution >= 0.6 is 0 Å². The molecule has 3 heterocycles. The highest BCUT2D eigenvalue weighted by Gasteiger charge is 2.23. The first-order chi connectivity index (χ1) is 15.1. The predicted octanol–water partition coefficient (Wildman–Crippen LogP) is 2.55. The van der Waals surface area contributed by atoms with Crippen LogP contribution in [0.4, 0.5) is 0 Å². The summed E-state index contributed by atoms with van der Waals surface area (Å²) in [5.41, 5.74) is 2.12. The standard InChI is InChI=1S/C23H28N4O4/c1-3-27(9-8-25-15-28)12-17-10-19-22(31-17)20(13-26(2)23(19)29)18-6-7-24-11-21(18)30-14-16-4-5-16/h6-7,10-11,13,15-16H,3-5,8-9,12,14H2,1-2H3,(H,25,28). The van der Waals surface area contributed by atoms with Crippen molar-refractivity contribution in [1.29, 1.82) is 0 Å². The van der Waals surface area contributed by atoms with Crippen LogP contribution in [0.5, 0.6) is 5.75 Å². The van der Waals surface area contributed by atoms with E-state index in [0.717, 1.165) is 17.7 Å². The van der Waals surface area contributed by atoms with Gasteiger partial charge in [0.1, 0.15) is 17.1 Å². The molecule has 0 unspecified atom stereocenters. The number of carbonyl (C=O) groups excluding carboxylic acids is 1. The Balaban J connectivity index is 1.69. The Morgan fingerprint density at radius 2 is 2.23 bits per heavy atom. The van der Waals surface area contributed by atoms with Crippen LogP contribution in [0.25, 0.3) is 22.1 Å². The van der Waals surface area contributed by atoms with Crippen molar-refractivity contribution in [1.82, 2.24) is 19.8 Å². The summed E-state index contributed by atoms with van der Waals surface area (Å²) in [4.78, 5) is 29.7. The number of furan rings is 1.